The van der Waals surface area contributed by atoms with Crippen molar-refractivity contribution in [3.63, 3.8) is 0 Å². The van der Waals surface area contributed by atoms with E-state index in [2.05, 4.69) is 38.2 Å². The number of halogens is 1. The highest BCUT2D eigenvalue weighted by Crippen LogP contribution is 2.42. The minimum atomic E-state index is -0.206. The van der Waals surface area contributed by atoms with Crippen molar-refractivity contribution in [2.75, 3.05) is 4.90 Å². The summed E-state index contributed by atoms with van der Waals surface area (Å²) in [5.74, 6) is -0.206. The molecular weight excluding hydrogens is 395 g/mol. The molecule has 0 radical (unpaired) electrons. The number of hydrogen-bond acceptors (Lipinski definition) is 2. The first-order valence-corrected chi connectivity index (χ1v) is 11.0. The highest BCUT2D eigenvalue weighted by molar-refractivity contribution is 7.80. The Kier molecular flexibility index (Phi) is 5.03. The number of hydrogen-bond donors (Lipinski definition) is 1. The maximum Gasteiger partial charge on any atom is 0.174 e. The third-order valence-electron chi connectivity index (χ3n) is 6.34. The zero-order chi connectivity index (χ0) is 20.7. The first kappa shape index (κ1) is 19.2. The SMILES string of the molecule is Cc1cc(N2C(=S)N[C@H](c3ccccn3)[C@H]2c2ccn(C3CCCC3)c2)ccc1F. The van der Waals surface area contributed by atoms with E-state index in [-0.39, 0.29) is 17.9 Å². The zero-order valence-electron chi connectivity index (χ0n) is 17.0. The number of nitrogens with zero attached hydrogens (tertiary/aromatic N) is 3. The van der Waals surface area contributed by atoms with Crippen LogP contribution in [0.25, 0.3) is 0 Å². The average molecular weight is 421 g/mol. The molecule has 2 fully saturated rings. The predicted molar refractivity (Wildman–Crippen MR) is 121 cm³/mol. The van der Waals surface area contributed by atoms with Crippen LogP contribution < -0.4 is 10.2 Å². The van der Waals surface area contributed by atoms with E-state index in [0.29, 0.717) is 16.7 Å². The quantitative estimate of drug-likeness (QED) is 0.555. The van der Waals surface area contributed by atoms with E-state index < -0.39 is 0 Å². The molecule has 1 N–H and O–H groups in total. The van der Waals surface area contributed by atoms with Gasteiger partial charge in [0, 0.05) is 30.3 Å². The van der Waals surface area contributed by atoms with Gasteiger partial charge in [0.2, 0.25) is 0 Å². The molecule has 2 atom stereocenters. The second-order valence-corrected chi connectivity index (χ2v) is 8.65. The summed E-state index contributed by atoms with van der Waals surface area (Å²) < 4.78 is 16.3. The molecule has 0 amide bonds. The minimum Gasteiger partial charge on any atom is -0.351 e. The van der Waals surface area contributed by atoms with E-state index in [1.807, 2.05) is 30.5 Å². The van der Waals surface area contributed by atoms with Gasteiger partial charge in [0.05, 0.1) is 17.8 Å². The second kappa shape index (κ2) is 7.84. The van der Waals surface area contributed by atoms with Gasteiger partial charge in [-0.2, -0.15) is 0 Å². The summed E-state index contributed by atoms with van der Waals surface area (Å²) in [6, 6.07) is 13.8. The fraction of sp³-hybridized carbons (Fsp3) is 0.333. The second-order valence-electron chi connectivity index (χ2n) is 8.26. The summed E-state index contributed by atoms with van der Waals surface area (Å²) in [5.41, 5.74) is 3.63. The standard InChI is InChI=1S/C24H25FN4S/c1-16-14-19(9-10-20(16)25)29-23(17-11-13-28(15-17)18-6-2-3-7-18)22(27-24(29)30)21-8-4-5-12-26-21/h4-5,8-15,18,22-23H,2-3,6-7H2,1H3,(H,27,30)/t22-,23-/m1/s1. The van der Waals surface area contributed by atoms with Crippen molar-refractivity contribution in [1.82, 2.24) is 14.9 Å². The monoisotopic (exact) mass is 420 g/mol. The number of rotatable bonds is 4. The molecule has 154 valence electrons. The van der Waals surface area contributed by atoms with Crippen LogP contribution in [0.1, 0.15) is 60.6 Å². The fourth-order valence-corrected chi connectivity index (χ4v) is 5.13. The van der Waals surface area contributed by atoms with Crippen molar-refractivity contribution in [1.29, 1.82) is 0 Å². The van der Waals surface area contributed by atoms with Crippen LogP contribution in [0.2, 0.25) is 0 Å². The molecule has 5 rings (SSSR count). The summed E-state index contributed by atoms with van der Waals surface area (Å²) in [6.45, 7) is 1.78. The van der Waals surface area contributed by atoms with Crippen LogP contribution in [0.3, 0.4) is 0 Å². The molecule has 4 nitrogen and oxygen atoms in total. The number of anilines is 1. The number of thiocarbonyl (C=S) groups is 1. The van der Waals surface area contributed by atoms with Gasteiger partial charge in [-0.15, -0.1) is 0 Å². The van der Waals surface area contributed by atoms with Gasteiger partial charge in [-0.25, -0.2) is 4.39 Å². The third-order valence-corrected chi connectivity index (χ3v) is 6.66. The minimum absolute atomic E-state index is 0.0556. The van der Waals surface area contributed by atoms with Crippen LogP contribution in [0.15, 0.2) is 61.1 Å². The van der Waals surface area contributed by atoms with Crippen molar-refractivity contribution in [3.8, 4) is 0 Å². The van der Waals surface area contributed by atoms with Crippen LogP contribution in [0.4, 0.5) is 10.1 Å². The Hall–Kier alpha value is -2.73. The van der Waals surface area contributed by atoms with Crippen molar-refractivity contribution in [2.24, 2.45) is 0 Å². The molecule has 6 heteroatoms. The summed E-state index contributed by atoms with van der Waals surface area (Å²) in [5, 5.41) is 4.11. The van der Waals surface area contributed by atoms with E-state index in [0.717, 1.165) is 11.4 Å². The van der Waals surface area contributed by atoms with E-state index >= 15 is 0 Å². The van der Waals surface area contributed by atoms with Crippen molar-refractivity contribution in [3.05, 3.63) is 83.7 Å². The van der Waals surface area contributed by atoms with Gasteiger partial charge in [0.15, 0.2) is 5.11 Å². The van der Waals surface area contributed by atoms with Crippen LogP contribution in [-0.2, 0) is 0 Å². The Morgan fingerprint density at radius 3 is 2.70 bits per heavy atom. The molecule has 0 unspecified atom stereocenters. The molecule has 0 bridgehead atoms. The van der Waals surface area contributed by atoms with E-state index in [1.54, 1.807) is 13.0 Å². The van der Waals surface area contributed by atoms with Gasteiger partial charge in [-0.05, 0) is 79.5 Å². The number of benzene rings is 1. The van der Waals surface area contributed by atoms with Crippen molar-refractivity contribution >= 4 is 23.0 Å². The molecule has 1 aliphatic heterocycles. The van der Waals surface area contributed by atoms with Gasteiger partial charge < -0.3 is 14.8 Å². The molecule has 2 aromatic heterocycles. The first-order valence-electron chi connectivity index (χ1n) is 10.6. The molecule has 30 heavy (non-hydrogen) atoms. The normalized spacial score (nSPS) is 21.9. The van der Waals surface area contributed by atoms with Crippen molar-refractivity contribution in [2.45, 2.75) is 50.7 Å². The number of aryl methyl sites for hydroxylation is 1. The Morgan fingerprint density at radius 1 is 1.13 bits per heavy atom. The van der Waals surface area contributed by atoms with Gasteiger partial charge in [-0.1, -0.05) is 18.9 Å². The maximum absolute atomic E-state index is 13.9. The van der Waals surface area contributed by atoms with Gasteiger partial charge >= 0.3 is 0 Å². The molecule has 3 aromatic rings. The fourth-order valence-electron chi connectivity index (χ4n) is 4.79. The summed E-state index contributed by atoms with van der Waals surface area (Å²) in [7, 11) is 0. The lowest BCUT2D eigenvalue weighted by Gasteiger charge is -2.27. The highest BCUT2D eigenvalue weighted by atomic mass is 32.1. The van der Waals surface area contributed by atoms with Crippen LogP contribution in [-0.4, -0.2) is 14.7 Å². The number of aromatic nitrogens is 2. The summed E-state index contributed by atoms with van der Waals surface area (Å²) in [4.78, 5) is 6.71. The van der Waals surface area contributed by atoms with Gasteiger partial charge in [0.25, 0.3) is 0 Å². The largest absolute Gasteiger partial charge is 0.351 e. The molecule has 3 heterocycles. The lowest BCUT2D eigenvalue weighted by molar-refractivity contribution is 0.515. The van der Waals surface area contributed by atoms with Crippen LogP contribution in [0, 0.1) is 12.7 Å². The predicted octanol–water partition coefficient (Wildman–Crippen LogP) is 5.62. The van der Waals surface area contributed by atoms with E-state index in [1.165, 1.54) is 37.3 Å². The van der Waals surface area contributed by atoms with Gasteiger partial charge in [0.1, 0.15) is 5.82 Å². The Labute approximate surface area is 181 Å². The lowest BCUT2D eigenvalue weighted by Crippen LogP contribution is -2.29. The summed E-state index contributed by atoms with van der Waals surface area (Å²) in [6.07, 6.45) is 11.3. The molecule has 2 aliphatic rings. The Balaban J connectivity index is 1.58. The van der Waals surface area contributed by atoms with Crippen LogP contribution in [0.5, 0.6) is 0 Å². The highest BCUT2D eigenvalue weighted by Gasteiger charge is 2.41. The van der Waals surface area contributed by atoms with Gasteiger partial charge in [-0.3, -0.25) is 4.98 Å². The third kappa shape index (κ3) is 3.39. The van der Waals surface area contributed by atoms with Crippen molar-refractivity contribution < 1.29 is 4.39 Å². The smallest absolute Gasteiger partial charge is 0.174 e. The number of pyridine rings is 1. The van der Waals surface area contributed by atoms with E-state index in [9.17, 15) is 4.39 Å². The molecule has 1 saturated heterocycles. The summed E-state index contributed by atoms with van der Waals surface area (Å²) >= 11 is 5.75. The lowest BCUT2D eigenvalue weighted by atomic mass is 9.98. The molecule has 0 spiro atoms. The molecule has 1 saturated carbocycles. The van der Waals surface area contributed by atoms with E-state index in [4.69, 9.17) is 12.2 Å². The topological polar surface area (TPSA) is 33.1 Å². The average Bonchev–Trinajstić information content (AvgIpc) is 3.50. The Bertz CT molecular complexity index is 1060. The number of nitrogens with one attached hydrogen (secondary N) is 1. The molecular formula is C24H25FN4S. The molecule has 1 aliphatic carbocycles. The van der Waals surface area contributed by atoms with Crippen LogP contribution >= 0.6 is 12.2 Å². The first-order chi connectivity index (χ1) is 14.6. The molecule has 1 aromatic carbocycles. The zero-order valence-corrected chi connectivity index (χ0v) is 17.8. The Morgan fingerprint density at radius 2 is 1.97 bits per heavy atom. The maximum atomic E-state index is 13.9.